The Labute approximate surface area is 80.3 Å². The van der Waals surface area contributed by atoms with Gasteiger partial charge in [0.15, 0.2) is 0 Å². The molecule has 0 bridgehead atoms. The molecule has 11 heavy (non-hydrogen) atoms. The molecule has 0 saturated carbocycles. The molecule has 2 aromatic rings. The lowest BCUT2D eigenvalue weighted by molar-refractivity contribution is 1.31. The van der Waals surface area contributed by atoms with Gasteiger partial charge in [-0.1, -0.05) is 0 Å². The standard InChI is InChI=1S/C7H4Br2N2/c8-4-3-11-5-1-2-10-7(9)6(4)5/h1-3,11H. The first-order valence-electron chi connectivity index (χ1n) is 3.06. The number of hydrogen-bond donors (Lipinski definition) is 1. The van der Waals surface area contributed by atoms with Gasteiger partial charge in [-0.3, -0.25) is 0 Å². The van der Waals surface area contributed by atoms with E-state index in [2.05, 4.69) is 41.8 Å². The van der Waals surface area contributed by atoms with Gasteiger partial charge in [-0.05, 0) is 37.9 Å². The van der Waals surface area contributed by atoms with Gasteiger partial charge in [0.25, 0.3) is 0 Å². The van der Waals surface area contributed by atoms with Gasteiger partial charge in [-0.25, -0.2) is 4.98 Å². The summed E-state index contributed by atoms with van der Waals surface area (Å²) in [6, 6.07) is 1.94. The summed E-state index contributed by atoms with van der Waals surface area (Å²) in [6.45, 7) is 0. The Kier molecular flexibility index (Phi) is 1.73. The van der Waals surface area contributed by atoms with Crippen LogP contribution in [0.4, 0.5) is 0 Å². The van der Waals surface area contributed by atoms with Gasteiger partial charge < -0.3 is 4.98 Å². The van der Waals surface area contributed by atoms with E-state index in [4.69, 9.17) is 0 Å². The number of H-pyrrole nitrogens is 1. The first-order valence-corrected chi connectivity index (χ1v) is 4.65. The molecular weight excluding hydrogens is 272 g/mol. The lowest BCUT2D eigenvalue weighted by atomic mass is 10.3. The Morgan fingerprint density at radius 2 is 2.18 bits per heavy atom. The molecule has 4 heteroatoms. The number of pyridine rings is 1. The number of fused-ring (bicyclic) bond motifs is 1. The van der Waals surface area contributed by atoms with Crippen LogP contribution in [0.15, 0.2) is 27.5 Å². The molecule has 0 fully saturated rings. The van der Waals surface area contributed by atoms with Crippen LogP contribution in [-0.4, -0.2) is 9.97 Å². The van der Waals surface area contributed by atoms with Gasteiger partial charge in [0.05, 0.1) is 5.52 Å². The molecule has 0 radical (unpaired) electrons. The van der Waals surface area contributed by atoms with E-state index in [-0.39, 0.29) is 0 Å². The molecule has 2 heterocycles. The van der Waals surface area contributed by atoms with Gasteiger partial charge in [0.2, 0.25) is 0 Å². The molecule has 0 atom stereocenters. The van der Waals surface area contributed by atoms with Gasteiger partial charge in [0, 0.05) is 22.3 Å². The summed E-state index contributed by atoms with van der Waals surface area (Å²) < 4.78 is 1.90. The Morgan fingerprint density at radius 3 is 2.91 bits per heavy atom. The van der Waals surface area contributed by atoms with Crippen LogP contribution in [0.3, 0.4) is 0 Å². The van der Waals surface area contributed by atoms with Crippen LogP contribution < -0.4 is 0 Å². The molecule has 0 unspecified atom stereocenters. The largest absolute Gasteiger partial charge is 0.360 e. The molecule has 0 spiro atoms. The highest BCUT2D eigenvalue weighted by Gasteiger charge is 2.03. The first-order chi connectivity index (χ1) is 5.29. The van der Waals surface area contributed by atoms with Gasteiger partial charge >= 0.3 is 0 Å². The summed E-state index contributed by atoms with van der Waals surface area (Å²) in [4.78, 5) is 7.22. The zero-order valence-electron chi connectivity index (χ0n) is 5.44. The van der Waals surface area contributed by atoms with Gasteiger partial charge in [0.1, 0.15) is 4.60 Å². The smallest absolute Gasteiger partial charge is 0.116 e. The number of aromatic amines is 1. The van der Waals surface area contributed by atoms with E-state index in [1.165, 1.54) is 0 Å². The highest BCUT2D eigenvalue weighted by Crippen LogP contribution is 2.28. The number of rotatable bonds is 0. The molecule has 2 nitrogen and oxygen atoms in total. The third-order valence-corrected chi connectivity index (χ3v) is 2.72. The Morgan fingerprint density at radius 1 is 1.36 bits per heavy atom. The molecule has 2 aromatic heterocycles. The number of aromatic nitrogens is 2. The van der Waals surface area contributed by atoms with Crippen molar-refractivity contribution in [2.75, 3.05) is 0 Å². The lowest BCUT2D eigenvalue weighted by Crippen LogP contribution is -1.74. The Bertz CT molecular complexity index is 394. The van der Waals surface area contributed by atoms with Crippen molar-refractivity contribution < 1.29 is 0 Å². The van der Waals surface area contributed by atoms with E-state index >= 15 is 0 Å². The number of nitrogens with zero attached hydrogens (tertiary/aromatic N) is 1. The van der Waals surface area contributed by atoms with Crippen LogP contribution >= 0.6 is 31.9 Å². The van der Waals surface area contributed by atoms with Gasteiger partial charge in [-0.2, -0.15) is 0 Å². The Balaban J connectivity index is 2.96. The molecule has 0 aliphatic heterocycles. The van der Waals surface area contributed by atoms with Crippen LogP contribution in [0, 0.1) is 0 Å². The maximum atomic E-state index is 4.11. The van der Waals surface area contributed by atoms with Crippen LogP contribution in [0.5, 0.6) is 0 Å². The molecule has 0 aromatic carbocycles. The van der Waals surface area contributed by atoms with Gasteiger partial charge in [-0.15, -0.1) is 0 Å². The maximum Gasteiger partial charge on any atom is 0.116 e. The van der Waals surface area contributed by atoms with Crippen molar-refractivity contribution in [3.05, 3.63) is 27.5 Å². The molecule has 0 amide bonds. The SMILES string of the molecule is Brc1c[nH]c2ccnc(Br)c12. The summed E-state index contributed by atoms with van der Waals surface area (Å²) in [7, 11) is 0. The zero-order valence-corrected chi connectivity index (χ0v) is 8.61. The van der Waals surface area contributed by atoms with E-state index < -0.39 is 0 Å². The summed E-state index contributed by atoms with van der Waals surface area (Å²) in [6.07, 6.45) is 3.66. The first kappa shape index (κ1) is 7.31. The van der Waals surface area contributed by atoms with Crippen LogP contribution in [-0.2, 0) is 0 Å². The third-order valence-electron chi connectivity index (χ3n) is 1.50. The predicted molar refractivity (Wildman–Crippen MR) is 51.5 cm³/mol. The molecular formula is C7H4Br2N2. The average molecular weight is 276 g/mol. The highest BCUT2D eigenvalue weighted by atomic mass is 79.9. The van der Waals surface area contributed by atoms with Crippen molar-refractivity contribution in [2.24, 2.45) is 0 Å². The van der Waals surface area contributed by atoms with Crippen molar-refractivity contribution in [3.63, 3.8) is 0 Å². The predicted octanol–water partition coefficient (Wildman–Crippen LogP) is 3.09. The minimum Gasteiger partial charge on any atom is -0.360 e. The van der Waals surface area contributed by atoms with Crippen molar-refractivity contribution in [3.8, 4) is 0 Å². The van der Waals surface area contributed by atoms with Crippen molar-refractivity contribution in [1.82, 2.24) is 9.97 Å². The van der Waals surface area contributed by atoms with Crippen LogP contribution in [0.25, 0.3) is 10.9 Å². The second kappa shape index (κ2) is 2.60. The summed E-state index contributed by atoms with van der Waals surface area (Å²) >= 11 is 6.78. The number of halogens is 2. The summed E-state index contributed by atoms with van der Waals surface area (Å²) in [5.74, 6) is 0. The van der Waals surface area contributed by atoms with Crippen molar-refractivity contribution in [1.29, 1.82) is 0 Å². The highest BCUT2D eigenvalue weighted by molar-refractivity contribution is 9.11. The molecule has 56 valence electrons. The lowest BCUT2D eigenvalue weighted by Gasteiger charge is -1.91. The summed E-state index contributed by atoms with van der Waals surface area (Å²) in [5, 5.41) is 1.09. The number of nitrogens with one attached hydrogen (secondary N) is 1. The third kappa shape index (κ3) is 1.10. The van der Waals surface area contributed by atoms with E-state index in [1.54, 1.807) is 6.20 Å². The van der Waals surface area contributed by atoms with Crippen molar-refractivity contribution in [2.45, 2.75) is 0 Å². The maximum absolute atomic E-state index is 4.11. The summed E-state index contributed by atoms with van der Waals surface area (Å²) in [5.41, 5.74) is 1.08. The van der Waals surface area contributed by atoms with Crippen LogP contribution in [0.2, 0.25) is 0 Å². The van der Waals surface area contributed by atoms with E-state index in [9.17, 15) is 0 Å². The minimum atomic E-state index is 0.864. The molecule has 1 N–H and O–H groups in total. The fourth-order valence-corrected chi connectivity index (χ4v) is 2.32. The second-order valence-electron chi connectivity index (χ2n) is 2.16. The minimum absolute atomic E-state index is 0.864. The topological polar surface area (TPSA) is 28.7 Å². The van der Waals surface area contributed by atoms with E-state index in [0.29, 0.717) is 0 Å². The molecule has 0 aliphatic rings. The quantitative estimate of drug-likeness (QED) is 0.736. The number of hydrogen-bond acceptors (Lipinski definition) is 1. The Hall–Kier alpha value is -0.350. The molecule has 0 aliphatic carbocycles. The normalized spacial score (nSPS) is 10.7. The second-order valence-corrected chi connectivity index (χ2v) is 3.77. The average Bonchev–Trinajstić information content (AvgIpc) is 2.34. The van der Waals surface area contributed by atoms with Crippen LogP contribution in [0.1, 0.15) is 0 Å². The zero-order chi connectivity index (χ0) is 7.84. The molecule has 2 rings (SSSR count). The van der Waals surface area contributed by atoms with E-state index in [1.807, 2.05) is 12.3 Å². The fraction of sp³-hybridized carbons (Fsp3) is 0. The monoisotopic (exact) mass is 274 g/mol. The fourth-order valence-electron chi connectivity index (χ4n) is 0.997. The molecule has 0 saturated heterocycles. The van der Waals surface area contributed by atoms with Crippen molar-refractivity contribution >= 4 is 42.8 Å². The van der Waals surface area contributed by atoms with E-state index in [0.717, 1.165) is 20.0 Å².